The molecule has 0 bridgehead atoms. The summed E-state index contributed by atoms with van der Waals surface area (Å²) in [5.74, 6) is 2.83. The van der Waals surface area contributed by atoms with Crippen LogP contribution in [0.3, 0.4) is 0 Å². The van der Waals surface area contributed by atoms with Crippen LogP contribution >= 0.6 is 0 Å². The van der Waals surface area contributed by atoms with E-state index >= 15 is 0 Å². The number of aromatic amines is 1. The maximum Gasteiger partial charge on any atom is 0.240 e. The van der Waals surface area contributed by atoms with Gasteiger partial charge < -0.3 is 14.6 Å². The van der Waals surface area contributed by atoms with Crippen LogP contribution in [0.25, 0.3) is 28.2 Å². The van der Waals surface area contributed by atoms with Crippen LogP contribution in [0.4, 0.5) is 5.95 Å². The van der Waals surface area contributed by atoms with Gasteiger partial charge in [0.2, 0.25) is 11.9 Å². The second-order valence-corrected chi connectivity index (χ2v) is 8.74. The summed E-state index contributed by atoms with van der Waals surface area (Å²) in [4.78, 5) is 27.4. The molecule has 0 radical (unpaired) electrons. The first kappa shape index (κ1) is 20.3. The highest BCUT2D eigenvalue weighted by atomic mass is 16.5. The third-order valence-corrected chi connectivity index (χ3v) is 6.47. The van der Waals surface area contributed by atoms with Crippen molar-refractivity contribution in [3.05, 3.63) is 48.2 Å². The molecule has 2 saturated heterocycles. The van der Waals surface area contributed by atoms with E-state index in [2.05, 4.69) is 39.2 Å². The van der Waals surface area contributed by atoms with Gasteiger partial charge >= 0.3 is 0 Å². The van der Waals surface area contributed by atoms with Gasteiger partial charge in [0.15, 0.2) is 5.82 Å². The first-order chi connectivity index (χ1) is 16.2. The van der Waals surface area contributed by atoms with E-state index in [9.17, 15) is 0 Å². The van der Waals surface area contributed by atoms with E-state index in [1.807, 2.05) is 23.8 Å². The fourth-order valence-electron chi connectivity index (χ4n) is 4.75. The molecule has 5 heterocycles. The Kier molecular flexibility index (Phi) is 5.27. The molecule has 9 heteroatoms. The number of likely N-dealkylation sites (tertiary alicyclic amines) is 1. The smallest absolute Gasteiger partial charge is 0.240 e. The second-order valence-electron chi connectivity index (χ2n) is 8.74. The summed E-state index contributed by atoms with van der Waals surface area (Å²) < 4.78 is 7.54. The van der Waals surface area contributed by atoms with E-state index in [-0.39, 0.29) is 0 Å². The topological polar surface area (TPSA) is 88.0 Å². The van der Waals surface area contributed by atoms with Gasteiger partial charge in [-0.1, -0.05) is 12.1 Å². The highest BCUT2D eigenvalue weighted by Gasteiger charge is 2.21. The predicted molar refractivity (Wildman–Crippen MR) is 127 cm³/mol. The van der Waals surface area contributed by atoms with Crippen LogP contribution in [0.1, 0.15) is 24.4 Å². The average molecular weight is 445 g/mol. The van der Waals surface area contributed by atoms with Crippen LogP contribution in [0.2, 0.25) is 0 Å². The highest BCUT2D eigenvalue weighted by molar-refractivity contribution is 5.93. The van der Waals surface area contributed by atoms with Crippen LogP contribution < -0.4 is 4.90 Å². The van der Waals surface area contributed by atoms with Crippen molar-refractivity contribution in [3.63, 3.8) is 0 Å². The molecule has 2 aliphatic rings. The largest absolute Gasteiger partial charge is 0.378 e. The number of imidazole rings is 1. The summed E-state index contributed by atoms with van der Waals surface area (Å²) in [5.41, 5.74) is 3.10. The Balaban J connectivity index is 1.44. The van der Waals surface area contributed by atoms with Gasteiger partial charge in [-0.3, -0.25) is 9.47 Å². The van der Waals surface area contributed by atoms with Gasteiger partial charge in [-0.05, 0) is 45.0 Å². The van der Waals surface area contributed by atoms with Crippen LogP contribution in [-0.2, 0) is 11.3 Å². The molecule has 0 aliphatic carbocycles. The Hall–Kier alpha value is -3.30. The molecule has 170 valence electrons. The molecular formula is C24H28N8O. The summed E-state index contributed by atoms with van der Waals surface area (Å²) in [7, 11) is 0. The third kappa shape index (κ3) is 3.98. The molecule has 1 N–H and O–H groups in total. The molecule has 33 heavy (non-hydrogen) atoms. The Morgan fingerprint density at radius 1 is 0.939 bits per heavy atom. The molecule has 0 atom stereocenters. The zero-order valence-corrected chi connectivity index (χ0v) is 18.9. The minimum Gasteiger partial charge on any atom is -0.378 e. The molecule has 0 amide bonds. The number of aromatic nitrogens is 6. The average Bonchev–Trinajstić information content (AvgIpc) is 3.61. The van der Waals surface area contributed by atoms with Crippen molar-refractivity contribution in [2.24, 2.45) is 0 Å². The molecule has 3 aromatic heterocycles. The Labute approximate surface area is 192 Å². The number of ether oxygens (including phenoxy) is 1. The number of anilines is 1. The monoisotopic (exact) mass is 444 g/mol. The summed E-state index contributed by atoms with van der Waals surface area (Å²) in [6.07, 6.45) is 6.56. The zero-order valence-electron chi connectivity index (χ0n) is 18.9. The molecule has 0 unspecified atom stereocenters. The number of aryl methyl sites for hydroxylation is 1. The third-order valence-electron chi connectivity index (χ3n) is 6.47. The lowest BCUT2D eigenvalue weighted by Crippen LogP contribution is -2.37. The van der Waals surface area contributed by atoms with Gasteiger partial charge in [0.05, 0.1) is 18.9 Å². The molecule has 6 rings (SSSR count). The number of benzene rings is 1. The molecule has 9 nitrogen and oxygen atoms in total. The van der Waals surface area contributed by atoms with Crippen molar-refractivity contribution in [2.45, 2.75) is 26.3 Å². The Morgan fingerprint density at radius 3 is 2.61 bits per heavy atom. The second kappa shape index (κ2) is 8.57. The van der Waals surface area contributed by atoms with Crippen molar-refractivity contribution < 1.29 is 4.74 Å². The first-order valence-electron chi connectivity index (χ1n) is 11.7. The quantitative estimate of drug-likeness (QED) is 0.506. The fraction of sp³-hybridized carbons (Fsp3) is 0.417. The van der Waals surface area contributed by atoms with E-state index in [1.54, 1.807) is 0 Å². The number of nitrogens with zero attached hydrogens (tertiary/aromatic N) is 7. The summed E-state index contributed by atoms with van der Waals surface area (Å²) in [6.45, 7) is 8.04. The van der Waals surface area contributed by atoms with Crippen molar-refractivity contribution in [1.82, 2.24) is 34.4 Å². The first-order valence-corrected chi connectivity index (χ1v) is 11.7. The highest BCUT2D eigenvalue weighted by Crippen LogP contribution is 2.28. The number of H-pyrrole nitrogens is 1. The van der Waals surface area contributed by atoms with E-state index in [0.29, 0.717) is 30.9 Å². The minimum atomic E-state index is 0.603. The van der Waals surface area contributed by atoms with Crippen molar-refractivity contribution >= 4 is 16.9 Å². The van der Waals surface area contributed by atoms with Crippen LogP contribution in [0, 0.1) is 6.92 Å². The lowest BCUT2D eigenvalue weighted by molar-refractivity contribution is 0.122. The fourth-order valence-corrected chi connectivity index (χ4v) is 4.75. The van der Waals surface area contributed by atoms with Crippen molar-refractivity contribution in [3.8, 4) is 17.3 Å². The lowest BCUT2D eigenvalue weighted by Gasteiger charge is -2.27. The van der Waals surface area contributed by atoms with Crippen LogP contribution in [0.5, 0.6) is 0 Å². The van der Waals surface area contributed by atoms with Gasteiger partial charge in [-0.2, -0.15) is 15.0 Å². The predicted octanol–water partition coefficient (Wildman–Crippen LogP) is 2.95. The Bertz CT molecular complexity index is 1270. The maximum atomic E-state index is 5.55. The summed E-state index contributed by atoms with van der Waals surface area (Å²) >= 11 is 0. The van der Waals surface area contributed by atoms with Crippen LogP contribution in [-0.4, -0.2) is 73.8 Å². The van der Waals surface area contributed by atoms with Crippen molar-refractivity contribution in [2.75, 3.05) is 44.3 Å². The van der Waals surface area contributed by atoms with Gasteiger partial charge in [-0.25, -0.2) is 4.98 Å². The lowest BCUT2D eigenvalue weighted by atomic mass is 10.1. The summed E-state index contributed by atoms with van der Waals surface area (Å²) in [6, 6.07) is 8.23. The number of nitrogens with one attached hydrogen (secondary N) is 1. The van der Waals surface area contributed by atoms with Gasteiger partial charge in [0.1, 0.15) is 5.82 Å². The standard InChI is InChI=1S/C24H28N8O/c1-17-26-18(15-30-9-2-3-10-30)16-32(17)24-28-22(20-5-4-6-21-19(20)7-8-25-21)27-23(29-24)31-11-13-33-14-12-31/h4-8,16,25H,2-3,9-15H2,1H3. The normalized spacial score (nSPS) is 17.3. The van der Waals surface area contributed by atoms with E-state index in [0.717, 1.165) is 60.7 Å². The minimum absolute atomic E-state index is 0.603. The number of fused-ring (bicyclic) bond motifs is 1. The van der Waals surface area contributed by atoms with E-state index < -0.39 is 0 Å². The molecule has 2 aliphatic heterocycles. The van der Waals surface area contributed by atoms with E-state index in [1.165, 1.54) is 12.8 Å². The van der Waals surface area contributed by atoms with Crippen molar-refractivity contribution in [1.29, 1.82) is 0 Å². The number of rotatable bonds is 5. The summed E-state index contributed by atoms with van der Waals surface area (Å²) in [5, 5.41) is 1.10. The molecule has 2 fully saturated rings. The number of hydrogen-bond donors (Lipinski definition) is 1. The maximum absolute atomic E-state index is 5.55. The SMILES string of the molecule is Cc1nc(CN2CCCC2)cn1-c1nc(-c2cccc3[nH]ccc23)nc(N2CCOCC2)n1. The Morgan fingerprint density at radius 2 is 1.76 bits per heavy atom. The molecule has 1 aromatic carbocycles. The van der Waals surface area contributed by atoms with Crippen LogP contribution in [0.15, 0.2) is 36.7 Å². The van der Waals surface area contributed by atoms with Gasteiger partial charge in [-0.15, -0.1) is 0 Å². The number of hydrogen-bond acceptors (Lipinski definition) is 7. The molecule has 0 spiro atoms. The van der Waals surface area contributed by atoms with Gasteiger partial charge in [0, 0.05) is 48.5 Å². The molecular weight excluding hydrogens is 416 g/mol. The zero-order chi connectivity index (χ0) is 22.2. The number of morpholine rings is 1. The van der Waals surface area contributed by atoms with Gasteiger partial charge in [0.25, 0.3) is 0 Å². The van der Waals surface area contributed by atoms with E-state index in [4.69, 9.17) is 24.7 Å². The molecule has 4 aromatic rings. The molecule has 0 saturated carbocycles.